The molecule has 1 fully saturated rings. The van der Waals surface area contributed by atoms with Gasteiger partial charge in [-0.2, -0.15) is 0 Å². The van der Waals surface area contributed by atoms with Crippen LogP contribution in [0.3, 0.4) is 0 Å². The number of rotatable bonds is 3. The molecule has 0 aromatic heterocycles. The van der Waals surface area contributed by atoms with Gasteiger partial charge in [-0.15, -0.1) is 0 Å². The molecule has 15 heavy (non-hydrogen) atoms. The van der Waals surface area contributed by atoms with E-state index in [1.165, 1.54) is 18.4 Å². The van der Waals surface area contributed by atoms with Crippen molar-refractivity contribution in [1.29, 1.82) is 0 Å². The van der Waals surface area contributed by atoms with E-state index in [1.54, 1.807) is 0 Å². The molecule has 0 radical (unpaired) electrons. The maximum Gasteiger partial charge on any atom is 0.0447 e. The molecule has 2 unspecified atom stereocenters. The average Bonchev–Trinajstić information content (AvgIpc) is 2.32. The first kappa shape index (κ1) is 10.7. The molecule has 2 nitrogen and oxygen atoms in total. The highest BCUT2D eigenvalue weighted by molar-refractivity contribution is 5.19. The first-order valence-electron chi connectivity index (χ1n) is 5.92. The molecule has 0 spiro atoms. The fourth-order valence-corrected chi connectivity index (χ4v) is 2.19. The summed E-state index contributed by atoms with van der Waals surface area (Å²) in [6, 6.07) is 11.8. The summed E-state index contributed by atoms with van der Waals surface area (Å²) in [6.45, 7) is 4.38. The van der Waals surface area contributed by atoms with E-state index in [9.17, 15) is 0 Å². The van der Waals surface area contributed by atoms with E-state index in [2.05, 4.69) is 47.9 Å². The third kappa shape index (κ3) is 2.80. The standard InChI is InChI=1S/C13H20N2/c1-2-6-12-9-15-13(10-14-12)11-7-4-3-5-8-11/h3-5,7-8,12-15H,2,6,9-10H2,1H3. The lowest BCUT2D eigenvalue weighted by Gasteiger charge is -2.31. The SMILES string of the molecule is CCCC1CNC(c2ccccc2)CN1. The maximum atomic E-state index is 3.61. The van der Waals surface area contributed by atoms with Crippen molar-refractivity contribution in [3.05, 3.63) is 35.9 Å². The Labute approximate surface area is 92.1 Å². The summed E-state index contributed by atoms with van der Waals surface area (Å²) in [5, 5.41) is 7.21. The van der Waals surface area contributed by atoms with Crippen molar-refractivity contribution in [2.45, 2.75) is 31.8 Å². The molecule has 2 rings (SSSR count). The van der Waals surface area contributed by atoms with E-state index in [4.69, 9.17) is 0 Å². The highest BCUT2D eigenvalue weighted by Crippen LogP contribution is 2.15. The molecule has 0 bridgehead atoms. The van der Waals surface area contributed by atoms with E-state index >= 15 is 0 Å². The van der Waals surface area contributed by atoms with Crippen molar-refractivity contribution in [2.24, 2.45) is 0 Å². The first-order chi connectivity index (χ1) is 7.40. The van der Waals surface area contributed by atoms with Gasteiger partial charge >= 0.3 is 0 Å². The van der Waals surface area contributed by atoms with Gasteiger partial charge in [0.05, 0.1) is 0 Å². The molecule has 2 heteroatoms. The molecule has 2 N–H and O–H groups in total. The molecule has 1 aromatic rings. The monoisotopic (exact) mass is 204 g/mol. The van der Waals surface area contributed by atoms with Crippen LogP contribution in [0.15, 0.2) is 30.3 Å². The van der Waals surface area contributed by atoms with Crippen LogP contribution in [-0.4, -0.2) is 19.1 Å². The summed E-state index contributed by atoms with van der Waals surface area (Å²) < 4.78 is 0. The maximum absolute atomic E-state index is 3.61. The number of piperazine rings is 1. The third-order valence-electron chi connectivity index (χ3n) is 3.06. The van der Waals surface area contributed by atoms with Crippen molar-refractivity contribution >= 4 is 0 Å². The van der Waals surface area contributed by atoms with Gasteiger partial charge in [0.2, 0.25) is 0 Å². The van der Waals surface area contributed by atoms with E-state index in [0.717, 1.165) is 13.1 Å². The Morgan fingerprint density at radius 1 is 1.13 bits per heavy atom. The van der Waals surface area contributed by atoms with Gasteiger partial charge in [0.25, 0.3) is 0 Å². The summed E-state index contributed by atoms with van der Waals surface area (Å²) in [5.41, 5.74) is 1.39. The highest BCUT2D eigenvalue weighted by atomic mass is 15.1. The fourth-order valence-electron chi connectivity index (χ4n) is 2.19. The average molecular weight is 204 g/mol. The van der Waals surface area contributed by atoms with Crippen LogP contribution in [0.5, 0.6) is 0 Å². The molecule has 1 heterocycles. The van der Waals surface area contributed by atoms with Crippen LogP contribution in [0, 0.1) is 0 Å². The van der Waals surface area contributed by atoms with Gasteiger partial charge in [0, 0.05) is 25.2 Å². The molecule has 0 saturated carbocycles. The third-order valence-corrected chi connectivity index (χ3v) is 3.06. The molecule has 2 atom stereocenters. The van der Waals surface area contributed by atoms with Gasteiger partial charge in [-0.25, -0.2) is 0 Å². The van der Waals surface area contributed by atoms with E-state index < -0.39 is 0 Å². The number of hydrogen-bond acceptors (Lipinski definition) is 2. The summed E-state index contributed by atoms with van der Waals surface area (Å²) >= 11 is 0. The van der Waals surface area contributed by atoms with Gasteiger partial charge < -0.3 is 10.6 Å². The van der Waals surface area contributed by atoms with E-state index in [0.29, 0.717) is 12.1 Å². The molecule has 1 aliphatic heterocycles. The van der Waals surface area contributed by atoms with Crippen LogP contribution < -0.4 is 10.6 Å². The Bertz CT molecular complexity index is 276. The molecule has 0 amide bonds. The van der Waals surface area contributed by atoms with Gasteiger partial charge in [-0.3, -0.25) is 0 Å². The smallest absolute Gasteiger partial charge is 0.0447 e. The zero-order chi connectivity index (χ0) is 10.5. The number of hydrogen-bond donors (Lipinski definition) is 2. The predicted molar refractivity (Wildman–Crippen MR) is 63.9 cm³/mol. The molecule has 0 aliphatic carbocycles. The normalized spacial score (nSPS) is 26.5. The zero-order valence-electron chi connectivity index (χ0n) is 9.37. The van der Waals surface area contributed by atoms with Crippen molar-refractivity contribution in [3.8, 4) is 0 Å². The lowest BCUT2D eigenvalue weighted by atomic mass is 10.0. The Kier molecular flexibility index (Phi) is 3.75. The minimum absolute atomic E-state index is 0.485. The van der Waals surface area contributed by atoms with Gasteiger partial charge in [-0.1, -0.05) is 43.7 Å². The van der Waals surface area contributed by atoms with Crippen LogP contribution in [0.2, 0.25) is 0 Å². The van der Waals surface area contributed by atoms with Crippen molar-refractivity contribution in [2.75, 3.05) is 13.1 Å². The lowest BCUT2D eigenvalue weighted by Crippen LogP contribution is -2.49. The van der Waals surface area contributed by atoms with Crippen LogP contribution in [-0.2, 0) is 0 Å². The Morgan fingerprint density at radius 3 is 2.53 bits per heavy atom. The van der Waals surface area contributed by atoms with Crippen LogP contribution in [0.25, 0.3) is 0 Å². The molecule has 82 valence electrons. The second-order valence-corrected chi connectivity index (χ2v) is 4.27. The molecule has 1 saturated heterocycles. The quantitative estimate of drug-likeness (QED) is 0.788. The van der Waals surface area contributed by atoms with E-state index in [-0.39, 0.29) is 0 Å². The van der Waals surface area contributed by atoms with Gasteiger partial charge in [0.1, 0.15) is 0 Å². The zero-order valence-corrected chi connectivity index (χ0v) is 9.37. The Morgan fingerprint density at radius 2 is 1.93 bits per heavy atom. The minimum atomic E-state index is 0.485. The predicted octanol–water partition coefficient (Wildman–Crippen LogP) is 2.09. The second-order valence-electron chi connectivity index (χ2n) is 4.27. The Hall–Kier alpha value is -0.860. The van der Waals surface area contributed by atoms with Gasteiger partial charge in [0.15, 0.2) is 0 Å². The summed E-state index contributed by atoms with van der Waals surface area (Å²) in [5.74, 6) is 0. The number of benzene rings is 1. The Balaban J connectivity index is 1.88. The van der Waals surface area contributed by atoms with Crippen LogP contribution >= 0.6 is 0 Å². The minimum Gasteiger partial charge on any atom is -0.311 e. The van der Waals surface area contributed by atoms with Crippen LogP contribution in [0.1, 0.15) is 31.4 Å². The number of nitrogens with one attached hydrogen (secondary N) is 2. The summed E-state index contributed by atoms with van der Waals surface area (Å²) in [6.07, 6.45) is 2.53. The molecule has 1 aromatic carbocycles. The molecular formula is C13H20N2. The second kappa shape index (κ2) is 5.29. The topological polar surface area (TPSA) is 24.1 Å². The summed E-state index contributed by atoms with van der Waals surface area (Å²) in [7, 11) is 0. The van der Waals surface area contributed by atoms with Gasteiger partial charge in [-0.05, 0) is 12.0 Å². The lowest BCUT2D eigenvalue weighted by molar-refractivity contribution is 0.336. The fraction of sp³-hybridized carbons (Fsp3) is 0.538. The molecular weight excluding hydrogens is 184 g/mol. The summed E-state index contributed by atoms with van der Waals surface area (Å²) in [4.78, 5) is 0. The largest absolute Gasteiger partial charge is 0.311 e. The van der Waals surface area contributed by atoms with E-state index in [1.807, 2.05) is 0 Å². The molecule has 1 aliphatic rings. The van der Waals surface area contributed by atoms with Crippen molar-refractivity contribution < 1.29 is 0 Å². The van der Waals surface area contributed by atoms with Crippen LogP contribution in [0.4, 0.5) is 0 Å². The first-order valence-corrected chi connectivity index (χ1v) is 5.92. The highest BCUT2D eigenvalue weighted by Gasteiger charge is 2.19. The van der Waals surface area contributed by atoms with Crippen molar-refractivity contribution in [1.82, 2.24) is 10.6 Å². The van der Waals surface area contributed by atoms with Crippen molar-refractivity contribution in [3.63, 3.8) is 0 Å².